The normalized spacial score (nSPS) is 10.3. The van der Waals surface area contributed by atoms with E-state index in [1.165, 1.54) is 19.2 Å². The van der Waals surface area contributed by atoms with Crippen molar-refractivity contribution >= 4 is 11.5 Å². The van der Waals surface area contributed by atoms with Crippen LogP contribution in [0.1, 0.15) is 15.9 Å². The molecule has 0 aliphatic heterocycles. The van der Waals surface area contributed by atoms with Crippen molar-refractivity contribution < 1.29 is 13.9 Å². The van der Waals surface area contributed by atoms with E-state index in [9.17, 15) is 9.18 Å². The number of ether oxygens (including phenoxy) is 1. The first-order chi connectivity index (χ1) is 10.0. The van der Waals surface area contributed by atoms with Crippen LogP contribution in [0.3, 0.4) is 0 Å². The molecule has 0 radical (unpaired) electrons. The summed E-state index contributed by atoms with van der Waals surface area (Å²) in [5.74, 6) is -0.311. The molecule has 3 nitrogen and oxygen atoms in total. The first-order valence-corrected chi connectivity index (χ1v) is 6.64. The van der Waals surface area contributed by atoms with Crippen molar-refractivity contribution in [2.24, 2.45) is 0 Å². The van der Waals surface area contributed by atoms with E-state index in [-0.39, 0.29) is 18.0 Å². The Morgan fingerprint density at radius 1 is 1.19 bits per heavy atom. The fraction of sp³-hybridized carbons (Fsp3) is 0.235. The number of carbonyl (C=O) groups is 1. The van der Waals surface area contributed by atoms with Crippen LogP contribution in [0.15, 0.2) is 42.5 Å². The third kappa shape index (κ3) is 3.60. The molecule has 0 bridgehead atoms. The van der Waals surface area contributed by atoms with Crippen molar-refractivity contribution in [2.45, 2.75) is 6.42 Å². The number of hydrogen-bond acceptors (Lipinski definition) is 3. The highest BCUT2D eigenvalue weighted by atomic mass is 19.1. The number of anilines is 1. The summed E-state index contributed by atoms with van der Waals surface area (Å²) in [6.07, 6.45) is 0.164. The number of ketones is 1. The molecular weight excluding hydrogens is 269 g/mol. The third-order valence-electron chi connectivity index (χ3n) is 3.27. The van der Waals surface area contributed by atoms with Crippen LogP contribution in [0.5, 0.6) is 5.75 Å². The van der Waals surface area contributed by atoms with Crippen molar-refractivity contribution in [3.8, 4) is 5.75 Å². The van der Waals surface area contributed by atoms with Gasteiger partial charge in [0.2, 0.25) is 0 Å². The molecule has 110 valence electrons. The van der Waals surface area contributed by atoms with E-state index in [0.717, 1.165) is 5.69 Å². The van der Waals surface area contributed by atoms with Crippen molar-refractivity contribution in [3.05, 3.63) is 59.4 Å². The largest absolute Gasteiger partial charge is 0.494 e. The lowest BCUT2D eigenvalue weighted by atomic mass is 10.0. The van der Waals surface area contributed by atoms with Gasteiger partial charge in [-0.05, 0) is 29.8 Å². The Hall–Kier alpha value is -2.36. The molecule has 0 fully saturated rings. The minimum Gasteiger partial charge on any atom is -0.494 e. The highest BCUT2D eigenvalue weighted by Crippen LogP contribution is 2.20. The van der Waals surface area contributed by atoms with Crippen LogP contribution in [0.4, 0.5) is 10.1 Å². The minimum atomic E-state index is -0.454. The molecule has 0 atom stereocenters. The molecule has 0 amide bonds. The molecule has 0 aromatic heterocycles. The van der Waals surface area contributed by atoms with Gasteiger partial charge >= 0.3 is 0 Å². The molecule has 0 saturated heterocycles. The molecule has 0 aliphatic carbocycles. The van der Waals surface area contributed by atoms with E-state index < -0.39 is 5.82 Å². The van der Waals surface area contributed by atoms with Crippen molar-refractivity contribution in [1.29, 1.82) is 0 Å². The van der Waals surface area contributed by atoms with Gasteiger partial charge in [0.25, 0.3) is 0 Å². The van der Waals surface area contributed by atoms with Crippen LogP contribution in [0.2, 0.25) is 0 Å². The highest BCUT2D eigenvalue weighted by Gasteiger charge is 2.10. The van der Waals surface area contributed by atoms with Gasteiger partial charge in [0.15, 0.2) is 17.3 Å². The molecule has 21 heavy (non-hydrogen) atoms. The van der Waals surface area contributed by atoms with Crippen LogP contribution in [-0.2, 0) is 6.42 Å². The Bertz CT molecular complexity index is 653. The van der Waals surface area contributed by atoms with Gasteiger partial charge in [-0.2, -0.15) is 0 Å². The molecule has 0 spiro atoms. The van der Waals surface area contributed by atoms with Gasteiger partial charge in [0.1, 0.15) is 0 Å². The SMILES string of the molecule is COc1ccc(CC(=O)c2cccc(N(C)C)c2)cc1F. The zero-order valence-corrected chi connectivity index (χ0v) is 12.4. The van der Waals surface area contributed by atoms with Crippen molar-refractivity contribution in [3.63, 3.8) is 0 Å². The van der Waals surface area contributed by atoms with Crippen LogP contribution >= 0.6 is 0 Å². The smallest absolute Gasteiger partial charge is 0.167 e. The molecule has 2 aromatic carbocycles. The van der Waals surface area contributed by atoms with Gasteiger partial charge in [-0.3, -0.25) is 4.79 Å². The van der Waals surface area contributed by atoms with E-state index >= 15 is 0 Å². The monoisotopic (exact) mass is 287 g/mol. The van der Waals surface area contributed by atoms with Crippen LogP contribution < -0.4 is 9.64 Å². The lowest BCUT2D eigenvalue weighted by Gasteiger charge is -2.13. The third-order valence-corrected chi connectivity index (χ3v) is 3.27. The first-order valence-electron chi connectivity index (χ1n) is 6.64. The molecule has 2 aromatic rings. The van der Waals surface area contributed by atoms with Crippen molar-refractivity contribution in [1.82, 2.24) is 0 Å². The second kappa shape index (κ2) is 6.39. The van der Waals surface area contributed by atoms with Gasteiger partial charge in [-0.15, -0.1) is 0 Å². The van der Waals surface area contributed by atoms with Crippen LogP contribution in [0, 0.1) is 5.82 Å². The Morgan fingerprint density at radius 2 is 1.95 bits per heavy atom. The van der Waals surface area contributed by atoms with E-state index in [1.54, 1.807) is 12.1 Å². The lowest BCUT2D eigenvalue weighted by Crippen LogP contribution is -2.10. The van der Waals surface area contributed by atoms with Gasteiger partial charge in [-0.25, -0.2) is 4.39 Å². The average molecular weight is 287 g/mol. The number of benzene rings is 2. The summed E-state index contributed by atoms with van der Waals surface area (Å²) < 4.78 is 18.5. The number of nitrogens with zero attached hydrogens (tertiary/aromatic N) is 1. The highest BCUT2D eigenvalue weighted by molar-refractivity contribution is 5.98. The maximum absolute atomic E-state index is 13.6. The summed E-state index contributed by atoms with van der Waals surface area (Å²) in [7, 11) is 5.25. The standard InChI is InChI=1S/C17H18FNO2/c1-19(2)14-6-4-5-13(11-14)16(20)10-12-7-8-17(21-3)15(18)9-12/h4-9,11H,10H2,1-3H3. The van der Waals surface area contributed by atoms with E-state index in [0.29, 0.717) is 11.1 Å². The summed E-state index contributed by atoms with van der Waals surface area (Å²) in [5.41, 5.74) is 2.22. The molecule has 4 heteroatoms. The van der Waals surface area contributed by atoms with E-state index in [4.69, 9.17) is 4.74 Å². The zero-order valence-electron chi connectivity index (χ0n) is 12.4. The molecule has 0 heterocycles. The van der Waals surface area contributed by atoms with Gasteiger partial charge in [-0.1, -0.05) is 18.2 Å². The number of carbonyl (C=O) groups excluding carboxylic acids is 1. The second-order valence-corrected chi connectivity index (χ2v) is 5.01. The molecule has 0 aliphatic rings. The predicted molar refractivity (Wildman–Crippen MR) is 81.8 cm³/mol. The van der Waals surface area contributed by atoms with Crippen LogP contribution in [-0.4, -0.2) is 27.0 Å². The number of rotatable bonds is 5. The maximum Gasteiger partial charge on any atom is 0.167 e. The lowest BCUT2D eigenvalue weighted by molar-refractivity contribution is 0.0993. The minimum absolute atomic E-state index is 0.0386. The second-order valence-electron chi connectivity index (χ2n) is 5.01. The van der Waals surface area contributed by atoms with Crippen LogP contribution in [0.25, 0.3) is 0 Å². The predicted octanol–water partition coefficient (Wildman–Crippen LogP) is 3.33. The number of hydrogen-bond donors (Lipinski definition) is 0. The van der Waals surface area contributed by atoms with E-state index in [1.807, 2.05) is 37.2 Å². The first kappa shape index (κ1) is 15.0. The Kier molecular flexibility index (Phi) is 4.58. The zero-order chi connectivity index (χ0) is 15.4. The number of methoxy groups -OCH3 is 1. The molecule has 2 rings (SSSR count). The van der Waals surface area contributed by atoms with E-state index in [2.05, 4.69) is 0 Å². The summed E-state index contributed by atoms with van der Waals surface area (Å²) in [6, 6.07) is 12.0. The van der Waals surface area contributed by atoms with Gasteiger partial charge < -0.3 is 9.64 Å². The summed E-state index contributed by atoms with van der Waals surface area (Å²) in [4.78, 5) is 14.2. The number of Topliss-reactive ketones (excluding diaryl/α,β-unsaturated/α-hetero) is 1. The molecule has 0 unspecified atom stereocenters. The quantitative estimate of drug-likeness (QED) is 0.790. The Morgan fingerprint density at radius 3 is 2.57 bits per heavy atom. The number of halogens is 1. The summed E-state index contributed by atoms with van der Waals surface area (Å²) in [6.45, 7) is 0. The van der Waals surface area contributed by atoms with Crippen molar-refractivity contribution in [2.75, 3.05) is 26.1 Å². The molecule has 0 N–H and O–H groups in total. The molecule has 0 saturated carbocycles. The average Bonchev–Trinajstić information content (AvgIpc) is 2.47. The summed E-state index contributed by atoms with van der Waals surface area (Å²) >= 11 is 0. The fourth-order valence-corrected chi connectivity index (χ4v) is 2.06. The summed E-state index contributed by atoms with van der Waals surface area (Å²) in [5, 5.41) is 0. The molecular formula is C17H18FNO2. The Labute approximate surface area is 124 Å². The van der Waals surface area contributed by atoms with Gasteiger partial charge in [0.05, 0.1) is 7.11 Å². The maximum atomic E-state index is 13.6. The topological polar surface area (TPSA) is 29.5 Å². The van der Waals surface area contributed by atoms with Gasteiger partial charge in [0, 0.05) is 31.8 Å². The Balaban J connectivity index is 2.18. The fourth-order valence-electron chi connectivity index (χ4n) is 2.06.